The van der Waals surface area contributed by atoms with Crippen LogP contribution in [0.15, 0.2) is 75.0 Å². The molecule has 8 nitrogen and oxygen atoms in total. The number of anilines is 1. The molecule has 1 aliphatic rings. The van der Waals surface area contributed by atoms with Gasteiger partial charge in [0.2, 0.25) is 0 Å². The molecule has 30 heavy (non-hydrogen) atoms. The molecule has 1 aliphatic heterocycles. The molecular weight excluding hydrogens is 388 g/mol. The molecule has 2 atom stereocenters. The van der Waals surface area contributed by atoms with Gasteiger partial charge in [-0.3, -0.25) is 4.79 Å². The lowest BCUT2D eigenvalue weighted by atomic mass is 9.89. The van der Waals surface area contributed by atoms with Gasteiger partial charge in [0, 0.05) is 17.0 Å². The van der Waals surface area contributed by atoms with Gasteiger partial charge in [0.1, 0.15) is 11.5 Å². The fraction of sp³-hybridized carbons (Fsp3) is 0.182. The molecule has 1 aromatic heterocycles. The van der Waals surface area contributed by atoms with Gasteiger partial charge in [0.25, 0.3) is 0 Å². The number of nitrogens with zero attached hydrogens (tertiary/aromatic N) is 2. The third-order valence-corrected chi connectivity index (χ3v) is 4.93. The summed E-state index contributed by atoms with van der Waals surface area (Å²) in [6.07, 6.45) is 0. The molecule has 4 rings (SSSR count). The van der Waals surface area contributed by atoms with Crippen LogP contribution in [0.1, 0.15) is 5.56 Å². The maximum absolute atomic E-state index is 12.8. The Morgan fingerprint density at radius 1 is 0.967 bits per heavy atom. The summed E-state index contributed by atoms with van der Waals surface area (Å²) < 4.78 is 15.2. The predicted octanol–water partition coefficient (Wildman–Crippen LogP) is 2.35. The quantitative estimate of drug-likeness (QED) is 0.484. The zero-order valence-corrected chi connectivity index (χ0v) is 16.3. The lowest BCUT2D eigenvalue weighted by molar-refractivity contribution is -0.150. The van der Waals surface area contributed by atoms with Gasteiger partial charge in [-0.15, -0.1) is 0 Å². The molecule has 2 aromatic carbocycles. The number of rotatable bonds is 4. The fourth-order valence-electron chi connectivity index (χ4n) is 3.60. The molecular formula is C22H18N2O6. The van der Waals surface area contributed by atoms with E-state index in [1.165, 1.54) is 25.3 Å². The molecule has 0 saturated heterocycles. The van der Waals surface area contributed by atoms with Crippen molar-refractivity contribution in [2.75, 3.05) is 19.2 Å². The van der Waals surface area contributed by atoms with E-state index in [2.05, 4.69) is 5.10 Å². The summed E-state index contributed by atoms with van der Waals surface area (Å²) >= 11 is 0. The van der Waals surface area contributed by atoms with E-state index >= 15 is 0 Å². The number of para-hydroxylation sites is 2. The first kappa shape index (κ1) is 19.4. The van der Waals surface area contributed by atoms with Gasteiger partial charge < -0.3 is 13.9 Å². The highest BCUT2D eigenvalue weighted by atomic mass is 16.5. The van der Waals surface area contributed by atoms with Gasteiger partial charge in [-0.25, -0.2) is 14.6 Å². The fourth-order valence-corrected chi connectivity index (χ4v) is 3.60. The Labute approximate surface area is 171 Å². The summed E-state index contributed by atoms with van der Waals surface area (Å²) in [7, 11) is 2.47. The largest absolute Gasteiger partial charge is 0.468 e. The normalized spacial score (nSPS) is 18.2. The summed E-state index contributed by atoms with van der Waals surface area (Å²) in [5.41, 5.74) is 0.959. The molecule has 8 heteroatoms. The Morgan fingerprint density at radius 3 is 2.33 bits per heavy atom. The smallest absolute Gasteiger partial charge is 0.336 e. The molecule has 0 N–H and O–H groups in total. The average molecular weight is 406 g/mol. The number of esters is 2. The van der Waals surface area contributed by atoms with Crippen LogP contribution in [0, 0.1) is 5.92 Å². The second-order valence-electron chi connectivity index (χ2n) is 6.61. The second kappa shape index (κ2) is 7.82. The summed E-state index contributed by atoms with van der Waals surface area (Å²) in [6.45, 7) is 0. The van der Waals surface area contributed by atoms with E-state index < -0.39 is 29.5 Å². The van der Waals surface area contributed by atoms with Crippen molar-refractivity contribution in [3.63, 3.8) is 0 Å². The van der Waals surface area contributed by atoms with Crippen LogP contribution >= 0.6 is 0 Å². The SMILES string of the molecule is COC(=O)C1C(c2cc(=O)oc3ccccc23)=NN(c2ccccc2)C1C(=O)OC. The van der Waals surface area contributed by atoms with Crippen LogP contribution in [0.2, 0.25) is 0 Å². The van der Waals surface area contributed by atoms with Gasteiger partial charge in [-0.05, 0) is 18.2 Å². The molecule has 0 fully saturated rings. The maximum atomic E-state index is 12.8. The van der Waals surface area contributed by atoms with E-state index in [0.717, 1.165) is 0 Å². The number of carbonyl (C=O) groups excluding carboxylic acids is 2. The molecule has 0 aliphatic carbocycles. The minimum Gasteiger partial charge on any atom is -0.468 e. The van der Waals surface area contributed by atoms with Crippen LogP contribution in [-0.2, 0) is 19.1 Å². The summed E-state index contributed by atoms with van der Waals surface area (Å²) in [5.74, 6) is -2.42. The number of carbonyl (C=O) groups is 2. The predicted molar refractivity (Wildman–Crippen MR) is 109 cm³/mol. The van der Waals surface area contributed by atoms with Gasteiger partial charge in [0.05, 0.1) is 25.6 Å². The van der Waals surface area contributed by atoms with E-state index in [-0.39, 0.29) is 5.71 Å². The monoisotopic (exact) mass is 406 g/mol. The first-order chi connectivity index (χ1) is 14.5. The average Bonchev–Trinajstić information content (AvgIpc) is 3.18. The molecule has 0 saturated carbocycles. The summed E-state index contributed by atoms with van der Waals surface area (Å²) in [4.78, 5) is 37.7. The number of ether oxygens (including phenoxy) is 2. The highest BCUT2D eigenvalue weighted by molar-refractivity contribution is 6.21. The lowest BCUT2D eigenvalue weighted by Crippen LogP contribution is -2.45. The molecule has 3 aromatic rings. The van der Waals surface area contributed by atoms with Crippen LogP contribution in [0.5, 0.6) is 0 Å². The lowest BCUT2D eigenvalue weighted by Gasteiger charge is -2.24. The van der Waals surface area contributed by atoms with E-state index in [1.54, 1.807) is 48.5 Å². The van der Waals surface area contributed by atoms with E-state index in [0.29, 0.717) is 22.2 Å². The van der Waals surface area contributed by atoms with Gasteiger partial charge >= 0.3 is 17.6 Å². The number of hydrazone groups is 1. The molecule has 0 amide bonds. The third-order valence-electron chi connectivity index (χ3n) is 4.93. The van der Waals surface area contributed by atoms with Crippen molar-refractivity contribution in [2.45, 2.75) is 6.04 Å². The van der Waals surface area contributed by atoms with Crippen molar-refractivity contribution in [3.8, 4) is 0 Å². The number of fused-ring (bicyclic) bond motifs is 1. The van der Waals surface area contributed by atoms with Crippen molar-refractivity contribution in [1.82, 2.24) is 0 Å². The third kappa shape index (κ3) is 3.22. The Hall–Kier alpha value is -3.94. The number of hydrogen-bond acceptors (Lipinski definition) is 8. The minimum atomic E-state index is -1.10. The molecule has 0 bridgehead atoms. The standard InChI is InChI=1S/C22H18N2O6/c1-28-21(26)18-19(15-12-17(25)30-16-11-7-6-10-14(15)16)23-24(20(18)22(27)29-2)13-8-4-3-5-9-13/h3-12,18,20H,1-2H3. The van der Waals surface area contributed by atoms with Crippen molar-refractivity contribution in [1.29, 1.82) is 0 Å². The second-order valence-corrected chi connectivity index (χ2v) is 6.61. The summed E-state index contributed by atoms with van der Waals surface area (Å²) in [5, 5.41) is 6.60. The zero-order chi connectivity index (χ0) is 21.3. The molecule has 152 valence electrons. The minimum absolute atomic E-state index is 0.227. The van der Waals surface area contributed by atoms with E-state index in [4.69, 9.17) is 13.9 Å². The number of methoxy groups -OCH3 is 2. The van der Waals surface area contributed by atoms with Crippen molar-refractivity contribution >= 4 is 34.3 Å². The summed E-state index contributed by atoms with van der Waals surface area (Å²) in [6, 6.07) is 16.0. The topological polar surface area (TPSA) is 98.4 Å². The highest BCUT2D eigenvalue weighted by Crippen LogP contribution is 2.34. The Balaban J connectivity index is 1.98. The molecule has 0 radical (unpaired) electrons. The van der Waals surface area contributed by atoms with Crippen LogP contribution < -0.4 is 10.6 Å². The molecule has 0 spiro atoms. The Bertz CT molecular complexity index is 1200. The maximum Gasteiger partial charge on any atom is 0.336 e. The molecule has 2 unspecified atom stereocenters. The van der Waals surface area contributed by atoms with E-state index in [1.807, 2.05) is 6.07 Å². The van der Waals surface area contributed by atoms with Gasteiger partial charge in [0.15, 0.2) is 6.04 Å². The van der Waals surface area contributed by atoms with Gasteiger partial charge in [-0.1, -0.05) is 36.4 Å². The molecule has 2 heterocycles. The van der Waals surface area contributed by atoms with Gasteiger partial charge in [-0.2, -0.15) is 5.10 Å². The van der Waals surface area contributed by atoms with Crippen LogP contribution in [-0.4, -0.2) is 37.9 Å². The van der Waals surface area contributed by atoms with E-state index in [9.17, 15) is 14.4 Å². The first-order valence-electron chi connectivity index (χ1n) is 9.17. The highest BCUT2D eigenvalue weighted by Gasteiger charge is 2.49. The van der Waals surface area contributed by atoms with Crippen LogP contribution in [0.4, 0.5) is 5.69 Å². The number of hydrogen-bond donors (Lipinski definition) is 0. The van der Waals surface area contributed by atoms with Crippen LogP contribution in [0.3, 0.4) is 0 Å². The van der Waals surface area contributed by atoms with Crippen molar-refractivity contribution in [2.24, 2.45) is 11.0 Å². The van der Waals surface area contributed by atoms with Crippen LogP contribution in [0.25, 0.3) is 11.0 Å². The van der Waals surface area contributed by atoms with Crippen molar-refractivity contribution < 1.29 is 23.5 Å². The zero-order valence-electron chi connectivity index (χ0n) is 16.3. The number of benzene rings is 2. The first-order valence-corrected chi connectivity index (χ1v) is 9.17. The van der Waals surface area contributed by atoms with Crippen molar-refractivity contribution in [3.05, 3.63) is 76.6 Å². The Morgan fingerprint density at radius 2 is 1.63 bits per heavy atom. The Kier molecular flexibility index (Phi) is 5.05.